The third-order valence-corrected chi connectivity index (χ3v) is 2.79. The largest absolute Gasteiger partial charge is 0.380 e. The molecule has 2 nitrogen and oxygen atoms in total. The number of rotatable bonds is 4. The van der Waals surface area contributed by atoms with Crippen molar-refractivity contribution in [2.24, 2.45) is 0 Å². The lowest BCUT2D eigenvalue weighted by Gasteiger charge is -2.34. The maximum absolute atomic E-state index is 4.07. The molecule has 1 aliphatic rings. The third-order valence-electron chi connectivity index (χ3n) is 2.79. The second-order valence-corrected chi connectivity index (χ2v) is 4.17. The highest BCUT2D eigenvalue weighted by atomic mass is 15.1. The zero-order valence-electron chi connectivity index (χ0n) is 9.40. The number of unbranched alkanes of at least 4 members (excludes halogenated alkanes) is 1. The molecule has 0 unspecified atom stereocenters. The first-order valence-electron chi connectivity index (χ1n) is 5.49. The summed E-state index contributed by atoms with van der Waals surface area (Å²) in [5.74, 6) is 0. The molecule has 2 atom stereocenters. The molecular weight excluding hydrogens is 172 g/mol. The number of hydrogen-bond donors (Lipinski definition) is 2. The van der Waals surface area contributed by atoms with Gasteiger partial charge in [0.15, 0.2) is 0 Å². The number of piperazine rings is 1. The number of nitrogens with one attached hydrogen (secondary N) is 2. The molecule has 2 N–H and O–H groups in total. The average Bonchev–Trinajstić information content (AvgIpc) is 2.15. The Morgan fingerprint density at radius 2 is 2.29 bits per heavy atom. The Bertz CT molecular complexity index is 220. The minimum absolute atomic E-state index is 0.361. The summed E-state index contributed by atoms with van der Waals surface area (Å²) in [5.41, 5.74) is 2.30. The molecular formula is C12H22N2. The zero-order chi connectivity index (χ0) is 10.6. The SMILES string of the molecule is C=C1N[C@@H](C(=C)C)CN[C@H]1CCCC. The van der Waals surface area contributed by atoms with Crippen LogP contribution < -0.4 is 10.6 Å². The van der Waals surface area contributed by atoms with Crippen LogP contribution in [0.2, 0.25) is 0 Å². The van der Waals surface area contributed by atoms with Crippen LogP contribution in [0.15, 0.2) is 24.4 Å². The fourth-order valence-electron chi connectivity index (χ4n) is 1.74. The van der Waals surface area contributed by atoms with Crippen LogP contribution in [0.4, 0.5) is 0 Å². The van der Waals surface area contributed by atoms with E-state index in [2.05, 4.69) is 37.6 Å². The van der Waals surface area contributed by atoms with Crippen molar-refractivity contribution >= 4 is 0 Å². The maximum Gasteiger partial charge on any atom is 0.0590 e. The minimum atomic E-state index is 0.361. The van der Waals surface area contributed by atoms with E-state index in [4.69, 9.17) is 0 Å². The molecule has 14 heavy (non-hydrogen) atoms. The first-order chi connectivity index (χ1) is 6.65. The lowest BCUT2D eigenvalue weighted by Crippen LogP contribution is -2.52. The molecule has 1 rings (SSSR count). The highest BCUT2D eigenvalue weighted by Crippen LogP contribution is 2.13. The molecule has 2 heteroatoms. The minimum Gasteiger partial charge on any atom is -0.380 e. The predicted octanol–water partition coefficient (Wildman–Crippen LogP) is 2.20. The van der Waals surface area contributed by atoms with Gasteiger partial charge in [0.1, 0.15) is 0 Å². The average molecular weight is 194 g/mol. The lowest BCUT2D eigenvalue weighted by molar-refractivity contribution is 0.405. The van der Waals surface area contributed by atoms with Crippen molar-refractivity contribution in [3.05, 3.63) is 24.4 Å². The molecule has 1 fully saturated rings. The molecule has 0 spiro atoms. The van der Waals surface area contributed by atoms with Gasteiger partial charge < -0.3 is 10.6 Å². The van der Waals surface area contributed by atoms with Gasteiger partial charge in [-0.25, -0.2) is 0 Å². The molecule has 0 radical (unpaired) electrons. The molecule has 0 amide bonds. The fourth-order valence-corrected chi connectivity index (χ4v) is 1.74. The molecule has 0 aromatic heterocycles. The third kappa shape index (κ3) is 2.88. The van der Waals surface area contributed by atoms with Crippen molar-refractivity contribution in [2.45, 2.75) is 45.2 Å². The Morgan fingerprint density at radius 3 is 2.79 bits per heavy atom. The predicted molar refractivity (Wildman–Crippen MR) is 62.2 cm³/mol. The Hall–Kier alpha value is -0.760. The van der Waals surface area contributed by atoms with Crippen molar-refractivity contribution < 1.29 is 0 Å². The number of hydrogen-bond acceptors (Lipinski definition) is 2. The topological polar surface area (TPSA) is 24.1 Å². The molecule has 1 saturated heterocycles. The summed E-state index contributed by atoms with van der Waals surface area (Å²) in [6.45, 7) is 13.3. The van der Waals surface area contributed by atoms with Crippen LogP contribution in [0, 0.1) is 0 Å². The van der Waals surface area contributed by atoms with Crippen molar-refractivity contribution in [1.82, 2.24) is 10.6 Å². The van der Waals surface area contributed by atoms with Gasteiger partial charge in [-0.15, -0.1) is 0 Å². The second-order valence-electron chi connectivity index (χ2n) is 4.17. The summed E-state index contributed by atoms with van der Waals surface area (Å²) in [6.07, 6.45) is 3.69. The van der Waals surface area contributed by atoms with E-state index < -0.39 is 0 Å². The van der Waals surface area contributed by atoms with E-state index in [9.17, 15) is 0 Å². The highest BCUT2D eigenvalue weighted by Gasteiger charge is 2.22. The monoisotopic (exact) mass is 194 g/mol. The molecule has 0 aromatic carbocycles. The van der Waals surface area contributed by atoms with Gasteiger partial charge in [-0.1, -0.05) is 38.5 Å². The summed E-state index contributed by atoms with van der Waals surface area (Å²) in [4.78, 5) is 0. The Balaban J connectivity index is 2.40. The van der Waals surface area contributed by atoms with Crippen molar-refractivity contribution in [3.8, 4) is 0 Å². The fraction of sp³-hybridized carbons (Fsp3) is 0.667. The molecule has 0 aromatic rings. The molecule has 1 heterocycles. The van der Waals surface area contributed by atoms with E-state index >= 15 is 0 Å². The highest BCUT2D eigenvalue weighted by molar-refractivity contribution is 5.16. The molecule has 80 valence electrons. The summed E-state index contributed by atoms with van der Waals surface area (Å²) in [5, 5.41) is 6.93. The van der Waals surface area contributed by atoms with Crippen LogP contribution in [0.25, 0.3) is 0 Å². The van der Waals surface area contributed by atoms with Crippen LogP contribution >= 0.6 is 0 Å². The van der Waals surface area contributed by atoms with E-state index in [1.807, 2.05) is 0 Å². The first kappa shape index (κ1) is 11.3. The van der Waals surface area contributed by atoms with Gasteiger partial charge in [-0.2, -0.15) is 0 Å². The smallest absolute Gasteiger partial charge is 0.0590 e. The van der Waals surface area contributed by atoms with E-state index in [0.29, 0.717) is 12.1 Å². The van der Waals surface area contributed by atoms with E-state index in [1.165, 1.54) is 24.8 Å². The van der Waals surface area contributed by atoms with Crippen molar-refractivity contribution in [3.63, 3.8) is 0 Å². The van der Waals surface area contributed by atoms with Crippen LogP contribution in [0.5, 0.6) is 0 Å². The van der Waals surface area contributed by atoms with Gasteiger partial charge in [0.25, 0.3) is 0 Å². The first-order valence-corrected chi connectivity index (χ1v) is 5.49. The van der Waals surface area contributed by atoms with Crippen LogP contribution in [-0.2, 0) is 0 Å². The second kappa shape index (κ2) is 5.20. The normalized spacial score (nSPS) is 27.1. The Morgan fingerprint density at radius 1 is 1.57 bits per heavy atom. The van der Waals surface area contributed by atoms with Crippen LogP contribution in [0.1, 0.15) is 33.1 Å². The van der Waals surface area contributed by atoms with Crippen molar-refractivity contribution in [2.75, 3.05) is 6.54 Å². The standard InChI is InChI=1S/C12H22N2/c1-5-6-7-11-10(4)14-12(8-13-11)9(2)3/h11-14H,2,4-8H2,1,3H3/t11-,12+/m0/s1. The summed E-state index contributed by atoms with van der Waals surface area (Å²) in [7, 11) is 0. The molecule has 0 saturated carbocycles. The molecule has 1 aliphatic heterocycles. The summed E-state index contributed by atoms with van der Waals surface area (Å²) >= 11 is 0. The van der Waals surface area contributed by atoms with Gasteiger partial charge in [0.05, 0.1) is 6.04 Å². The van der Waals surface area contributed by atoms with Gasteiger partial charge >= 0.3 is 0 Å². The van der Waals surface area contributed by atoms with E-state index in [1.54, 1.807) is 0 Å². The zero-order valence-corrected chi connectivity index (χ0v) is 9.40. The van der Waals surface area contributed by atoms with Crippen molar-refractivity contribution in [1.29, 1.82) is 0 Å². The van der Waals surface area contributed by atoms with E-state index in [0.717, 1.165) is 12.2 Å². The molecule has 0 bridgehead atoms. The van der Waals surface area contributed by atoms with Gasteiger partial charge in [0.2, 0.25) is 0 Å². The summed E-state index contributed by atoms with van der Waals surface area (Å²) < 4.78 is 0. The summed E-state index contributed by atoms with van der Waals surface area (Å²) in [6, 6.07) is 0.811. The Labute approximate surface area is 87.5 Å². The molecule has 0 aliphatic carbocycles. The van der Waals surface area contributed by atoms with E-state index in [-0.39, 0.29) is 0 Å². The van der Waals surface area contributed by atoms with Gasteiger partial charge in [-0.3, -0.25) is 0 Å². The Kier molecular flexibility index (Phi) is 4.21. The van der Waals surface area contributed by atoms with Gasteiger partial charge in [-0.05, 0) is 13.3 Å². The quantitative estimate of drug-likeness (QED) is 0.670. The van der Waals surface area contributed by atoms with Crippen LogP contribution in [-0.4, -0.2) is 18.6 Å². The van der Waals surface area contributed by atoms with Gasteiger partial charge in [0, 0.05) is 18.3 Å². The maximum atomic E-state index is 4.07. The lowest BCUT2D eigenvalue weighted by atomic mass is 10.0. The van der Waals surface area contributed by atoms with Crippen LogP contribution in [0.3, 0.4) is 0 Å².